The molecule has 0 radical (unpaired) electrons. The number of aromatic nitrogens is 1. The molecule has 2 aromatic rings. The van der Waals surface area contributed by atoms with Gasteiger partial charge in [0.05, 0.1) is 12.5 Å². The van der Waals surface area contributed by atoms with Crippen LogP contribution in [0.5, 0.6) is 0 Å². The van der Waals surface area contributed by atoms with Crippen molar-refractivity contribution in [3.8, 4) is 6.07 Å². The van der Waals surface area contributed by atoms with E-state index < -0.39 is 18.0 Å². The maximum absolute atomic E-state index is 12.9. The van der Waals surface area contributed by atoms with Crippen LogP contribution in [0, 0.1) is 17.2 Å². The molecular weight excluding hydrogens is 545 g/mol. The minimum absolute atomic E-state index is 0.000581. The number of likely N-dealkylation sites (N-methyl/N-ethyl adjacent to an activating group) is 1. The maximum Gasteiger partial charge on any atom is 0.391 e. The number of alkyl halides is 3. The number of nitrogens with zero attached hydrogens (tertiary/aromatic N) is 3. The van der Waals surface area contributed by atoms with E-state index in [1.165, 1.54) is 10.8 Å². The Balaban J connectivity index is 1.72. The Kier molecular flexibility index (Phi) is 10.5. The first-order chi connectivity index (χ1) is 19.0. The second kappa shape index (κ2) is 13.8. The van der Waals surface area contributed by atoms with Crippen molar-refractivity contribution in [2.45, 2.75) is 39.4 Å². The van der Waals surface area contributed by atoms with E-state index in [-0.39, 0.29) is 54.0 Å². The Morgan fingerprint density at radius 3 is 2.52 bits per heavy atom. The lowest BCUT2D eigenvalue weighted by atomic mass is 9.96. The summed E-state index contributed by atoms with van der Waals surface area (Å²) in [6.45, 7) is 4.56. The van der Waals surface area contributed by atoms with E-state index in [1.54, 1.807) is 49.1 Å². The van der Waals surface area contributed by atoms with Crippen molar-refractivity contribution in [3.63, 3.8) is 0 Å². The molecule has 2 heterocycles. The summed E-state index contributed by atoms with van der Waals surface area (Å²) in [5.74, 6) is -2.22. The molecule has 3 rings (SSSR count). The third-order valence-corrected chi connectivity index (χ3v) is 7.13. The van der Waals surface area contributed by atoms with Crippen LogP contribution in [-0.2, 0) is 16.1 Å². The fourth-order valence-electron chi connectivity index (χ4n) is 4.07. The van der Waals surface area contributed by atoms with Gasteiger partial charge in [-0.2, -0.15) is 18.4 Å². The molecule has 1 saturated heterocycles. The molecule has 0 bridgehead atoms. The zero-order chi connectivity index (χ0) is 29.3. The zero-order valence-corrected chi connectivity index (χ0v) is 22.8. The summed E-state index contributed by atoms with van der Waals surface area (Å²) < 4.78 is 40.5. The second-order valence-electron chi connectivity index (χ2n) is 8.91. The number of amides is 2. The molecule has 1 fully saturated rings. The Morgan fingerprint density at radius 2 is 1.90 bits per heavy atom. The first-order valence-electron chi connectivity index (χ1n) is 12.6. The SMILES string of the molecule is CCNC(=O)C(=C=c1sc(=C=CNc2cccc(NC(=O)CN3CCC(C(F)(F)F)CC3)c2)c(=O)n1CC)C#N. The summed E-state index contributed by atoms with van der Waals surface area (Å²) >= 11 is 1.04. The predicted molar refractivity (Wildman–Crippen MR) is 147 cm³/mol. The molecule has 9 nitrogen and oxygen atoms in total. The molecule has 1 aliphatic heterocycles. The van der Waals surface area contributed by atoms with Crippen molar-refractivity contribution in [2.24, 2.45) is 5.92 Å². The lowest BCUT2D eigenvalue weighted by molar-refractivity contribution is -0.184. The van der Waals surface area contributed by atoms with Crippen molar-refractivity contribution in [2.75, 3.05) is 36.8 Å². The highest BCUT2D eigenvalue weighted by Crippen LogP contribution is 2.34. The van der Waals surface area contributed by atoms with Gasteiger partial charge in [-0.1, -0.05) is 28.9 Å². The van der Waals surface area contributed by atoms with Crippen LogP contribution < -0.4 is 30.7 Å². The number of rotatable bonds is 8. The van der Waals surface area contributed by atoms with Gasteiger partial charge in [0.1, 0.15) is 15.3 Å². The normalized spacial score (nSPS) is 13.9. The Labute approximate surface area is 232 Å². The molecule has 0 aliphatic carbocycles. The second-order valence-corrected chi connectivity index (χ2v) is 9.91. The fourth-order valence-corrected chi connectivity index (χ4v) is 5.05. The number of carbonyl (C=O) groups is 2. The summed E-state index contributed by atoms with van der Waals surface area (Å²) in [7, 11) is 0. The van der Waals surface area contributed by atoms with Gasteiger partial charge in [0.25, 0.3) is 11.5 Å². The average Bonchev–Trinajstić information content (AvgIpc) is 3.21. The van der Waals surface area contributed by atoms with Gasteiger partial charge in [0.2, 0.25) is 5.91 Å². The molecule has 0 atom stereocenters. The monoisotopic (exact) mass is 574 g/mol. The standard InChI is InChI=1S/C27H29F3N6O3S/c1-3-32-25(38)18(16-31)14-24-36(4-2)26(39)22(40-24)8-11-33-20-6-5-7-21(15-20)34-23(37)17-35-12-9-19(10-13-35)27(28,29)30/h5-7,11,15,19,33H,3-4,9-10,12-13,17H2,1-2H3,(H,32,38)(H,34,37). The number of carbonyl (C=O) groups excluding carboxylic acids is 2. The topological polar surface area (TPSA) is 119 Å². The number of anilines is 2. The molecule has 1 aliphatic rings. The largest absolute Gasteiger partial charge is 0.391 e. The first kappa shape index (κ1) is 30.5. The molecule has 1 aromatic heterocycles. The number of nitriles is 1. The highest BCUT2D eigenvalue weighted by molar-refractivity contribution is 7.07. The summed E-state index contributed by atoms with van der Waals surface area (Å²) in [4.78, 5) is 38.9. The van der Waals surface area contributed by atoms with Gasteiger partial charge in [-0.05, 0) is 58.0 Å². The summed E-state index contributed by atoms with van der Waals surface area (Å²) in [5, 5.41) is 17.6. The fraction of sp³-hybridized carbons (Fsp3) is 0.407. The summed E-state index contributed by atoms with van der Waals surface area (Å²) in [5.41, 5.74) is 6.11. The van der Waals surface area contributed by atoms with Gasteiger partial charge < -0.3 is 16.0 Å². The number of likely N-dealkylation sites (tertiary alicyclic amines) is 1. The van der Waals surface area contributed by atoms with Crippen LogP contribution in [0.3, 0.4) is 0 Å². The Hall–Kier alpha value is -4.07. The number of thiazole rings is 1. The van der Waals surface area contributed by atoms with E-state index in [9.17, 15) is 32.8 Å². The Bertz CT molecular complexity index is 1530. The van der Waals surface area contributed by atoms with Crippen LogP contribution in [0.4, 0.5) is 24.5 Å². The summed E-state index contributed by atoms with van der Waals surface area (Å²) in [6.07, 6.45) is -2.80. The average molecular weight is 575 g/mol. The number of nitrogens with one attached hydrogen (secondary N) is 3. The number of hydrogen-bond donors (Lipinski definition) is 3. The van der Waals surface area contributed by atoms with Crippen LogP contribution >= 0.6 is 11.3 Å². The van der Waals surface area contributed by atoms with E-state index >= 15 is 0 Å². The van der Waals surface area contributed by atoms with E-state index in [2.05, 4.69) is 27.4 Å². The molecule has 40 heavy (non-hydrogen) atoms. The summed E-state index contributed by atoms with van der Waals surface area (Å²) in [6, 6.07) is 8.59. The quantitative estimate of drug-likeness (QED) is 0.328. The van der Waals surface area contributed by atoms with Crippen LogP contribution in [-0.4, -0.2) is 53.6 Å². The van der Waals surface area contributed by atoms with Crippen molar-refractivity contribution >= 4 is 46.0 Å². The zero-order valence-electron chi connectivity index (χ0n) is 22.0. The highest BCUT2D eigenvalue weighted by Gasteiger charge is 2.41. The lowest BCUT2D eigenvalue weighted by Crippen LogP contribution is -2.42. The smallest absolute Gasteiger partial charge is 0.355 e. The molecule has 212 valence electrons. The molecule has 0 spiro atoms. The molecule has 0 unspecified atom stereocenters. The highest BCUT2D eigenvalue weighted by atomic mass is 32.1. The predicted octanol–water partition coefficient (Wildman–Crippen LogP) is 2.11. The molecule has 1 aromatic carbocycles. The van der Waals surface area contributed by atoms with Gasteiger partial charge >= 0.3 is 6.18 Å². The molecule has 3 N–H and O–H groups in total. The number of hydrogen-bond acceptors (Lipinski definition) is 7. The van der Waals surface area contributed by atoms with Crippen LogP contribution in [0.15, 0.2) is 40.8 Å². The van der Waals surface area contributed by atoms with Gasteiger partial charge in [-0.25, -0.2) is 0 Å². The van der Waals surface area contributed by atoms with Crippen molar-refractivity contribution in [3.05, 3.63) is 55.6 Å². The molecule has 13 heteroatoms. The minimum Gasteiger partial charge on any atom is -0.355 e. The first-order valence-corrected chi connectivity index (χ1v) is 13.5. The van der Waals surface area contributed by atoms with E-state index in [0.29, 0.717) is 29.1 Å². The van der Waals surface area contributed by atoms with E-state index in [0.717, 1.165) is 11.3 Å². The lowest BCUT2D eigenvalue weighted by Gasteiger charge is -2.32. The number of halogens is 3. The van der Waals surface area contributed by atoms with Gasteiger partial charge in [0.15, 0.2) is 5.57 Å². The molecule has 0 saturated carbocycles. The van der Waals surface area contributed by atoms with E-state index in [1.807, 2.05) is 0 Å². The van der Waals surface area contributed by atoms with Gasteiger partial charge in [-0.15, -0.1) is 0 Å². The number of piperidine rings is 1. The molecular formula is C27H29F3N6O3S. The maximum atomic E-state index is 12.9. The molecule has 2 amide bonds. The van der Waals surface area contributed by atoms with Gasteiger partial charge in [0, 0.05) is 30.7 Å². The van der Waals surface area contributed by atoms with Crippen molar-refractivity contribution in [1.82, 2.24) is 14.8 Å². The van der Waals surface area contributed by atoms with Crippen molar-refractivity contribution < 1.29 is 22.8 Å². The van der Waals surface area contributed by atoms with Crippen LogP contribution in [0.2, 0.25) is 0 Å². The number of benzene rings is 1. The van der Waals surface area contributed by atoms with E-state index in [4.69, 9.17) is 0 Å². The van der Waals surface area contributed by atoms with Crippen LogP contribution in [0.1, 0.15) is 26.7 Å². The third-order valence-electron chi connectivity index (χ3n) is 6.11. The third kappa shape index (κ3) is 8.21. The van der Waals surface area contributed by atoms with Crippen LogP contribution in [0.25, 0.3) is 11.5 Å². The van der Waals surface area contributed by atoms with Crippen molar-refractivity contribution in [1.29, 1.82) is 5.26 Å². The Morgan fingerprint density at radius 1 is 1.20 bits per heavy atom. The minimum atomic E-state index is -4.20. The van der Waals surface area contributed by atoms with Gasteiger partial charge in [-0.3, -0.25) is 23.9 Å².